The van der Waals surface area contributed by atoms with E-state index in [-0.39, 0.29) is 9.93 Å². The monoisotopic (exact) mass is 347 g/mol. The molecule has 0 unspecified atom stereocenters. The molecular formula is C19H27N2O2S+. The van der Waals surface area contributed by atoms with Gasteiger partial charge in [0.1, 0.15) is 10.9 Å². The number of hydrogen-bond acceptors (Lipinski definition) is 3. The summed E-state index contributed by atoms with van der Waals surface area (Å²) in [7, 11) is -3.40. The summed E-state index contributed by atoms with van der Waals surface area (Å²) in [5.74, 6) is 3.21. The molecule has 0 bridgehead atoms. The van der Waals surface area contributed by atoms with E-state index in [9.17, 15) is 8.42 Å². The lowest BCUT2D eigenvalue weighted by atomic mass is 9.91. The summed E-state index contributed by atoms with van der Waals surface area (Å²) in [4.78, 5) is 0.457. The van der Waals surface area contributed by atoms with Gasteiger partial charge in [-0.15, -0.1) is 12.3 Å². The van der Waals surface area contributed by atoms with Crippen LogP contribution in [-0.4, -0.2) is 44.5 Å². The SMILES string of the molecule is C#CCC1CC[N+](C2CCNCC2)(S(=O)(=O)c2ccccc2)CC1. The van der Waals surface area contributed by atoms with Crippen molar-refractivity contribution in [1.29, 1.82) is 0 Å². The van der Waals surface area contributed by atoms with Crippen LogP contribution in [0.3, 0.4) is 0 Å². The number of rotatable bonds is 4. The third-order valence-electron chi connectivity index (χ3n) is 5.73. The van der Waals surface area contributed by atoms with Crippen LogP contribution in [0.1, 0.15) is 32.1 Å². The Morgan fingerprint density at radius 1 is 1.08 bits per heavy atom. The van der Waals surface area contributed by atoms with Gasteiger partial charge < -0.3 is 5.32 Å². The first-order valence-corrected chi connectivity index (χ1v) is 10.4. The first kappa shape index (κ1) is 17.5. The fourth-order valence-corrected chi connectivity index (χ4v) is 6.53. The number of terminal acetylenes is 1. The highest BCUT2D eigenvalue weighted by atomic mass is 32.2. The lowest BCUT2D eigenvalue weighted by molar-refractivity contribution is -0.841. The number of benzene rings is 1. The molecule has 2 aliphatic rings. The van der Waals surface area contributed by atoms with E-state index >= 15 is 0 Å². The molecule has 1 aromatic rings. The van der Waals surface area contributed by atoms with Crippen LogP contribution in [0, 0.1) is 18.3 Å². The van der Waals surface area contributed by atoms with Crippen LogP contribution >= 0.6 is 0 Å². The van der Waals surface area contributed by atoms with Crippen LogP contribution < -0.4 is 5.32 Å². The van der Waals surface area contributed by atoms with Crippen LogP contribution in [0.4, 0.5) is 0 Å². The highest BCUT2D eigenvalue weighted by Crippen LogP contribution is 2.38. The molecule has 0 aromatic heterocycles. The van der Waals surface area contributed by atoms with Gasteiger partial charge in [0.25, 0.3) is 0 Å². The number of quaternary nitrogens is 1. The van der Waals surface area contributed by atoms with Crippen LogP contribution in [0.15, 0.2) is 35.2 Å². The number of sulfonamides is 1. The maximum atomic E-state index is 13.6. The molecule has 3 rings (SSSR count). The molecule has 1 N–H and O–H groups in total. The second-order valence-electron chi connectivity index (χ2n) is 7.02. The van der Waals surface area contributed by atoms with Crippen molar-refractivity contribution in [2.24, 2.45) is 5.92 Å². The van der Waals surface area contributed by atoms with E-state index in [1.165, 1.54) is 0 Å². The van der Waals surface area contributed by atoms with Crippen molar-refractivity contribution in [1.82, 2.24) is 5.32 Å². The van der Waals surface area contributed by atoms with E-state index in [1.54, 1.807) is 12.1 Å². The van der Waals surface area contributed by atoms with E-state index in [1.807, 2.05) is 18.2 Å². The van der Waals surface area contributed by atoms with Crippen molar-refractivity contribution >= 4 is 10.0 Å². The zero-order chi connectivity index (χ0) is 17.0. The first-order valence-electron chi connectivity index (χ1n) is 8.91. The van der Waals surface area contributed by atoms with Crippen LogP contribution in [0.25, 0.3) is 0 Å². The van der Waals surface area contributed by atoms with E-state index in [0.29, 0.717) is 23.9 Å². The zero-order valence-corrected chi connectivity index (χ0v) is 15.0. The molecule has 0 radical (unpaired) electrons. The van der Waals surface area contributed by atoms with Gasteiger partial charge in [-0.3, -0.25) is 0 Å². The maximum absolute atomic E-state index is 13.6. The Morgan fingerprint density at radius 2 is 1.71 bits per heavy atom. The van der Waals surface area contributed by atoms with Crippen molar-refractivity contribution in [3.8, 4) is 12.3 Å². The van der Waals surface area contributed by atoms with Gasteiger partial charge in [-0.25, -0.2) is 3.89 Å². The minimum absolute atomic E-state index is 0.184. The lowest BCUT2D eigenvalue weighted by Gasteiger charge is -2.48. The molecule has 0 amide bonds. The van der Waals surface area contributed by atoms with Crippen molar-refractivity contribution in [3.63, 3.8) is 0 Å². The Bertz CT molecular complexity index is 680. The largest absolute Gasteiger partial charge is 0.327 e. The van der Waals surface area contributed by atoms with E-state index in [0.717, 1.165) is 45.2 Å². The highest BCUT2D eigenvalue weighted by molar-refractivity contribution is 7.86. The molecule has 0 aliphatic carbocycles. The smallest absolute Gasteiger partial charge is 0.316 e. The van der Waals surface area contributed by atoms with Crippen molar-refractivity contribution in [2.45, 2.75) is 43.0 Å². The summed E-state index contributed by atoms with van der Waals surface area (Å²) in [6.45, 7) is 3.19. The number of piperidine rings is 2. The van der Waals surface area contributed by atoms with Gasteiger partial charge in [0.05, 0.1) is 13.1 Å². The second-order valence-corrected chi connectivity index (χ2v) is 9.17. The molecule has 130 valence electrons. The molecule has 0 saturated carbocycles. The zero-order valence-electron chi connectivity index (χ0n) is 14.2. The molecule has 24 heavy (non-hydrogen) atoms. The summed E-state index contributed by atoms with van der Waals surface area (Å²) >= 11 is 0. The second kappa shape index (κ2) is 7.26. The molecular weight excluding hydrogens is 320 g/mol. The maximum Gasteiger partial charge on any atom is 0.327 e. The van der Waals surface area contributed by atoms with Gasteiger partial charge in [0.2, 0.25) is 0 Å². The molecule has 0 atom stereocenters. The Balaban J connectivity index is 1.96. The topological polar surface area (TPSA) is 46.2 Å². The third-order valence-corrected chi connectivity index (χ3v) is 8.22. The molecule has 2 heterocycles. The van der Waals surface area contributed by atoms with Crippen molar-refractivity contribution in [2.75, 3.05) is 26.2 Å². The Labute approximate surface area is 145 Å². The number of nitrogens with zero attached hydrogens (tertiary/aromatic N) is 1. The van der Waals surface area contributed by atoms with Gasteiger partial charge in [-0.1, -0.05) is 18.2 Å². The van der Waals surface area contributed by atoms with Crippen LogP contribution in [-0.2, 0) is 10.0 Å². The average Bonchev–Trinajstić information content (AvgIpc) is 2.64. The summed E-state index contributed by atoms with van der Waals surface area (Å²) < 4.78 is 27.4. The minimum Gasteiger partial charge on any atom is -0.316 e. The summed E-state index contributed by atoms with van der Waals surface area (Å²) in [6, 6.07) is 9.16. The van der Waals surface area contributed by atoms with Gasteiger partial charge in [-0.2, -0.15) is 8.42 Å². The Kier molecular flexibility index (Phi) is 5.29. The fraction of sp³-hybridized carbons (Fsp3) is 0.579. The molecule has 0 spiro atoms. The fourth-order valence-electron chi connectivity index (χ4n) is 4.31. The summed E-state index contributed by atoms with van der Waals surface area (Å²) in [6.07, 6.45) is 9.88. The van der Waals surface area contributed by atoms with E-state index in [4.69, 9.17) is 6.42 Å². The van der Waals surface area contributed by atoms with Gasteiger partial charge in [-0.05, 0) is 18.1 Å². The number of nitrogens with one attached hydrogen (secondary N) is 1. The number of likely N-dealkylation sites (tertiary alicyclic amines) is 1. The van der Waals surface area contributed by atoms with Crippen LogP contribution in [0.2, 0.25) is 0 Å². The molecule has 4 nitrogen and oxygen atoms in total. The molecule has 2 saturated heterocycles. The van der Waals surface area contributed by atoms with Crippen LogP contribution in [0.5, 0.6) is 0 Å². The van der Waals surface area contributed by atoms with E-state index in [2.05, 4.69) is 11.2 Å². The molecule has 2 fully saturated rings. The van der Waals surface area contributed by atoms with Gasteiger partial charge in [0.15, 0.2) is 0 Å². The predicted octanol–water partition coefficient (Wildman–Crippen LogP) is 2.38. The van der Waals surface area contributed by atoms with Crippen molar-refractivity contribution in [3.05, 3.63) is 30.3 Å². The lowest BCUT2D eigenvalue weighted by Crippen LogP contribution is -2.64. The Hall–Kier alpha value is -1.35. The molecule has 1 aromatic carbocycles. The van der Waals surface area contributed by atoms with E-state index < -0.39 is 10.0 Å². The Morgan fingerprint density at radius 3 is 2.29 bits per heavy atom. The normalized spacial score (nSPS) is 29.0. The molecule has 2 aliphatic heterocycles. The summed E-state index contributed by atoms with van der Waals surface area (Å²) in [5.41, 5.74) is 0. The third kappa shape index (κ3) is 3.11. The quantitative estimate of drug-likeness (QED) is 0.672. The van der Waals surface area contributed by atoms with Gasteiger partial charge in [0, 0.05) is 45.2 Å². The first-order chi connectivity index (χ1) is 11.6. The minimum atomic E-state index is -3.40. The van der Waals surface area contributed by atoms with Crippen molar-refractivity contribution < 1.29 is 12.3 Å². The highest BCUT2D eigenvalue weighted by Gasteiger charge is 2.51. The van der Waals surface area contributed by atoms with Gasteiger partial charge >= 0.3 is 10.0 Å². The summed E-state index contributed by atoms with van der Waals surface area (Å²) in [5, 5.41) is 3.36. The molecule has 5 heteroatoms. The average molecular weight is 348 g/mol. The number of hydrogen-bond donors (Lipinski definition) is 1. The standard InChI is InChI=1S/C19H27N2O2S/c1-2-6-17-11-15-21(16-12-17,18-9-13-20-14-10-18)24(22,23)19-7-4-3-5-8-19/h1,3-5,7-8,17-18,20H,6,9-16H2/q+1. The predicted molar refractivity (Wildman–Crippen MR) is 95.7 cm³/mol.